The standard InChI is InChI=1S/C13H23NO3S/c1-2-18(16,17)7-3-4-11(15)12-9-5-6-10(8-9)13(12)14/h9-10,12-13H,2-8,14H2,1H3. The lowest BCUT2D eigenvalue weighted by molar-refractivity contribution is -0.124. The first-order valence-electron chi connectivity index (χ1n) is 6.93. The van der Waals surface area contributed by atoms with E-state index in [0.717, 1.165) is 12.8 Å². The van der Waals surface area contributed by atoms with Gasteiger partial charge in [0.2, 0.25) is 0 Å². The van der Waals surface area contributed by atoms with E-state index in [-0.39, 0.29) is 29.2 Å². The topological polar surface area (TPSA) is 77.2 Å². The summed E-state index contributed by atoms with van der Waals surface area (Å²) in [5.41, 5.74) is 6.11. The van der Waals surface area contributed by atoms with Crippen molar-refractivity contribution in [1.29, 1.82) is 0 Å². The molecular weight excluding hydrogens is 250 g/mol. The van der Waals surface area contributed by atoms with E-state index >= 15 is 0 Å². The summed E-state index contributed by atoms with van der Waals surface area (Å²) in [6, 6.07) is 0.0269. The first-order valence-corrected chi connectivity index (χ1v) is 8.75. The van der Waals surface area contributed by atoms with Crippen molar-refractivity contribution in [3.63, 3.8) is 0 Å². The van der Waals surface area contributed by atoms with Crippen molar-refractivity contribution < 1.29 is 13.2 Å². The van der Waals surface area contributed by atoms with Crippen LogP contribution in [0, 0.1) is 17.8 Å². The van der Waals surface area contributed by atoms with Gasteiger partial charge < -0.3 is 5.73 Å². The molecule has 0 saturated heterocycles. The Hall–Kier alpha value is -0.420. The largest absolute Gasteiger partial charge is 0.327 e. The van der Waals surface area contributed by atoms with Crippen molar-refractivity contribution in [1.82, 2.24) is 0 Å². The zero-order valence-electron chi connectivity index (χ0n) is 11.0. The van der Waals surface area contributed by atoms with Crippen LogP contribution < -0.4 is 5.73 Å². The van der Waals surface area contributed by atoms with Gasteiger partial charge in [0.15, 0.2) is 0 Å². The predicted molar refractivity (Wildman–Crippen MR) is 70.9 cm³/mol. The van der Waals surface area contributed by atoms with Gasteiger partial charge in [0, 0.05) is 24.1 Å². The molecule has 2 bridgehead atoms. The summed E-state index contributed by atoms with van der Waals surface area (Å²) < 4.78 is 22.7. The van der Waals surface area contributed by atoms with Gasteiger partial charge in [-0.15, -0.1) is 0 Å². The van der Waals surface area contributed by atoms with E-state index < -0.39 is 9.84 Å². The molecule has 2 fully saturated rings. The number of sulfone groups is 1. The van der Waals surface area contributed by atoms with Crippen molar-refractivity contribution in [2.45, 2.75) is 45.1 Å². The molecular formula is C13H23NO3S. The quantitative estimate of drug-likeness (QED) is 0.787. The Bertz CT molecular complexity index is 416. The molecule has 5 heteroatoms. The fraction of sp³-hybridized carbons (Fsp3) is 0.923. The number of nitrogens with two attached hydrogens (primary N) is 1. The number of rotatable bonds is 6. The molecule has 0 spiro atoms. The summed E-state index contributed by atoms with van der Waals surface area (Å²) in [7, 11) is -2.95. The number of carbonyl (C=O) groups is 1. The molecule has 0 aromatic rings. The molecule has 0 amide bonds. The Morgan fingerprint density at radius 3 is 2.50 bits per heavy atom. The minimum atomic E-state index is -2.95. The Morgan fingerprint density at radius 2 is 1.94 bits per heavy atom. The normalized spacial score (nSPS) is 35.0. The number of carbonyl (C=O) groups excluding carboxylic acids is 1. The number of ketones is 1. The summed E-state index contributed by atoms with van der Waals surface area (Å²) in [6.07, 6.45) is 4.23. The molecule has 2 N–H and O–H groups in total. The summed E-state index contributed by atoms with van der Waals surface area (Å²) in [6.45, 7) is 1.64. The number of Topliss-reactive ketones (excluding diaryl/α,β-unsaturated/α-hetero) is 1. The monoisotopic (exact) mass is 273 g/mol. The Labute approximate surface area is 109 Å². The molecule has 4 unspecified atom stereocenters. The minimum absolute atomic E-state index is 0.00748. The Kier molecular flexibility index (Phi) is 4.11. The summed E-state index contributed by atoms with van der Waals surface area (Å²) in [5.74, 6) is 1.50. The van der Waals surface area contributed by atoms with Gasteiger partial charge >= 0.3 is 0 Å². The van der Waals surface area contributed by atoms with Gasteiger partial charge in [-0.25, -0.2) is 8.42 Å². The van der Waals surface area contributed by atoms with Crippen molar-refractivity contribution in [2.75, 3.05) is 11.5 Å². The van der Waals surface area contributed by atoms with E-state index in [0.29, 0.717) is 24.7 Å². The van der Waals surface area contributed by atoms with Gasteiger partial charge in [-0.1, -0.05) is 6.92 Å². The molecule has 2 aliphatic carbocycles. The second kappa shape index (κ2) is 5.29. The van der Waals surface area contributed by atoms with E-state index in [4.69, 9.17) is 5.73 Å². The fourth-order valence-electron chi connectivity index (χ4n) is 3.59. The van der Waals surface area contributed by atoms with Crippen LogP contribution in [0.4, 0.5) is 0 Å². The van der Waals surface area contributed by atoms with Crippen LogP contribution in [0.25, 0.3) is 0 Å². The first kappa shape index (κ1) is 14.0. The van der Waals surface area contributed by atoms with Crippen molar-refractivity contribution in [2.24, 2.45) is 23.5 Å². The first-order chi connectivity index (χ1) is 8.44. The van der Waals surface area contributed by atoms with Crippen LogP contribution in [0.3, 0.4) is 0 Å². The molecule has 2 rings (SSSR count). The van der Waals surface area contributed by atoms with Crippen LogP contribution in [-0.4, -0.2) is 31.7 Å². The van der Waals surface area contributed by atoms with E-state index in [1.54, 1.807) is 6.92 Å². The van der Waals surface area contributed by atoms with Gasteiger partial charge in [-0.2, -0.15) is 0 Å². The average Bonchev–Trinajstić information content (AvgIpc) is 2.89. The van der Waals surface area contributed by atoms with Gasteiger partial charge in [-0.3, -0.25) is 4.79 Å². The third kappa shape index (κ3) is 2.77. The number of hydrogen-bond donors (Lipinski definition) is 1. The SMILES string of the molecule is CCS(=O)(=O)CCCC(=O)C1C2CCC(C2)C1N. The molecule has 4 nitrogen and oxygen atoms in total. The molecule has 4 atom stereocenters. The zero-order chi connectivity index (χ0) is 13.3. The highest BCUT2D eigenvalue weighted by Gasteiger charge is 2.48. The maximum absolute atomic E-state index is 12.1. The molecule has 0 aromatic heterocycles. The zero-order valence-corrected chi connectivity index (χ0v) is 11.8. The smallest absolute Gasteiger partial charge is 0.150 e. The average molecular weight is 273 g/mol. The Balaban J connectivity index is 1.82. The maximum atomic E-state index is 12.1. The molecule has 0 aromatic carbocycles. The van der Waals surface area contributed by atoms with Gasteiger partial charge in [-0.05, 0) is 37.5 Å². The maximum Gasteiger partial charge on any atom is 0.150 e. The third-order valence-corrected chi connectivity index (χ3v) is 6.46. The summed E-state index contributed by atoms with van der Waals surface area (Å²) in [5, 5.41) is 0. The van der Waals surface area contributed by atoms with Crippen molar-refractivity contribution in [3.8, 4) is 0 Å². The number of hydrogen-bond acceptors (Lipinski definition) is 4. The lowest BCUT2D eigenvalue weighted by atomic mass is 9.81. The molecule has 18 heavy (non-hydrogen) atoms. The van der Waals surface area contributed by atoms with Crippen LogP contribution in [0.5, 0.6) is 0 Å². The summed E-state index contributed by atoms with van der Waals surface area (Å²) in [4.78, 5) is 12.1. The number of fused-ring (bicyclic) bond motifs is 2. The van der Waals surface area contributed by atoms with Crippen LogP contribution >= 0.6 is 0 Å². The molecule has 104 valence electrons. The fourth-order valence-corrected chi connectivity index (χ4v) is 4.46. The van der Waals surface area contributed by atoms with E-state index in [1.165, 1.54) is 6.42 Å². The molecule has 0 radical (unpaired) electrons. The minimum Gasteiger partial charge on any atom is -0.327 e. The van der Waals surface area contributed by atoms with Crippen molar-refractivity contribution in [3.05, 3.63) is 0 Å². The summed E-state index contributed by atoms with van der Waals surface area (Å²) >= 11 is 0. The van der Waals surface area contributed by atoms with E-state index in [1.807, 2.05) is 0 Å². The van der Waals surface area contributed by atoms with Crippen LogP contribution in [0.2, 0.25) is 0 Å². The molecule has 2 aliphatic rings. The molecule has 0 aliphatic heterocycles. The van der Waals surface area contributed by atoms with E-state index in [2.05, 4.69) is 0 Å². The van der Waals surface area contributed by atoms with Gasteiger partial charge in [0.05, 0.1) is 5.75 Å². The van der Waals surface area contributed by atoms with Crippen LogP contribution in [-0.2, 0) is 14.6 Å². The third-order valence-electron chi connectivity index (χ3n) is 4.67. The molecule has 0 heterocycles. The van der Waals surface area contributed by atoms with Crippen molar-refractivity contribution >= 4 is 15.6 Å². The van der Waals surface area contributed by atoms with Gasteiger partial charge in [0.25, 0.3) is 0 Å². The highest BCUT2D eigenvalue weighted by Crippen LogP contribution is 2.48. The highest BCUT2D eigenvalue weighted by atomic mass is 32.2. The van der Waals surface area contributed by atoms with Gasteiger partial charge in [0.1, 0.15) is 15.6 Å². The lowest BCUT2D eigenvalue weighted by Gasteiger charge is -2.26. The Morgan fingerprint density at radius 1 is 1.28 bits per heavy atom. The molecule has 2 saturated carbocycles. The van der Waals surface area contributed by atoms with Crippen LogP contribution in [0.1, 0.15) is 39.0 Å². The predicted octanol–water partition coefficient (Wildman–Crippen LogP) is 1.14. The van der Waals surface area contributed by atoms with E-state index in [9.17, 15) is 13.2 Å². The highest BCUT2D eigenvalue weighted by molar-refractivity contribution is 7.91. The second-order valence-electron chi connectivity index (χ2n) is 5.74. The van der Waals surface area contributed by atoms with Crippen LogP contribution in [0.15, 0.2) is 0 Å². The lowest BCUT2D eigenvalue weighted by Crippen LogP contribution is -2.40. The second-order valence-corrected chi connectivity index (χ2v) is 8.22.